The molecule has 3 rings (SSSR count). The van der Waals surface area contributed by atoms with Crippen LogP contribution in [0, 0.1) is 12.7 Å². The van der Waals surface area contributed by atoms with E-state index in [4.69, 9.17) is 4.42 Å². The highest BCUT2D eigenvalue weighted by molar-refractivity contribution is 6.06. The summed E-state index contributed by atoms with van der Waals surface area (Å²) in [5.74, 6) is 0.340. The Balaban J connectivity index is 1.89. The standard InChI is InChI=1S/C22H25FN2O2/c1-5-15-12-16(23)6-8-19(15)22(26)24-17-7-9-21-20(13-17)18(14(2)27-21)10-11-25(3)4/h6-9,12-13H,5,10-11H2,1-4H3,(H,24,26). The van der Waals surface area contributed by atoms with Gasteiger partial charge in [-0.2, -0.15) is 0 Å². The summed E-state index contributed by atoms with van der Waals surface area (Å²) in [4.78, 5) is 14.8. The molecule has 2 aromatic carbocycles. The molecule has 0 spiro atoms. The highest BCUT2D eigenvalue weighted by Crippen LogP contribution is 2.29. The van der Waals surface area contributed by atoms with Crippen molar-refractivity contribution in [3.63, 3.8) is 0 Å². The number of furan rings is 1. The van der Waals surface area contributed by atoms with Gasteiger partial charge in [-0.1, -0.05) is 6.92 Å². The third kappa shape index (κ3) is 4.19. The summed E-state index contributed by atoms with van der Waals surface area (Å²) in [6.45, 7) is 4.79. The van der Waals surface area contributed by atoms with Crippen molar-refractivity contribution in [1.82, 2.24) is 4.90 Å². The number of halogens is 1. The Morgan fingerprint density at radius 3 is 2.67 bits per heavy atom. The molecule has 4 nitrogen and oxygen atoms in total. The SMILES string of the molecule is CCc1cc(F)ccc1C(=O)Nc1ccc2oc(C)c(CCN(C)C)c2c1. The second-order valence-corrected chi connectivity index (χ2v) is 7.01. The number of aryl methyl sites for hydroxylation is 2. The lowest BCUT2D eigenvalue weighted by Crippen LogP contribution is -2.15. The van der Waals surface area contributed by atoms with Crippen LogP contribution < -0.4 is 5.32 Å². The molecule has 5 heteroatoms. The molecule has 27 heavy (non-hydrogen) atoms. The van der Waals surface area contributed by atoms with Gasteiger partial charge in [0.1, 0.15) is 17.2 Å². The molecule has 0 fully saturated rings. The van der Waals surface area contributed by atoms with E-state index in [1.807, 2.05) is 46.1 Å². The maximum absolute atomic E-state index is 13.4. The van der Waals surface area contributed by atoms with Gasteiger partial charge in [0.25, 0.3) is 5.91 Å². The number of likely N-dealkylation sites (N-methyl/N-ethyl adjacent to an activating group) is 1. The number of hydrogen-bond acceptors (Lipinski definition) is 3. The highest BCUT2D eigenvalue weighted by Gasteiger charge is 2.15. The fraction of sp³-hybridized carbons (Fsp3) is 0.318. The minimum atomic E-state index is -0.329. The fourth-order valence-electron chi connectivity index (χ4n) is 3.27. The molecule has 0 aliphatic rings. The molecule has 142 valence electrons. The van der Waals surface area contributed by atoms with Gasteiger partial charge < -0.3 is 14.6 Å². The zero-order chi connectivity index (χ0) is 19.6. The van der Waals surface area contributed by atoms with E-state index in [9.17, 15) is 9.18 Å². The molecule has 0 aliphatic heterocycles. The molecular weight excluding hydrogens is 343 g/mol. The zero-order valence-corrected chi connectivity index (χ0v) is 16.2. The summed E-state index contributed by atoms with van der Waals surface area (Å²) in [5.41, 5.74) is 3.86. The number of benzene rings is 2. The topological polar surface area (TPSA) is 45.5 Å². The summed E-state index contributed by atoms with van der Waals surface area (Å²) < 4.78 is 19.3. The first kappa shape index (κ1) is 19.1. The van der Waals surface area contributed by atoms with Crippen molar-refractivity contribution >= 4 is 22.6 Å². The number of nitrogens with one attached hydrogen (secondary N) is 1. The summed E-state index contributed by atoms with van der Waals surface area (Å²) in [7, 11) is 4.08. The predicted molar refractivity (Wildman–Crippen MR) is 107 cm³/mol. The van der Waals surface area contributed by atoms with Gasteiger partial charge in [-0.25, -0.2) is 4.39 Å². The number of fused-ring (bicyclic) bond motifs is 1. The summed E-state index contributed by atoms with van der Waals surface area (Å²) >= 11 is 0. The number of hydrogen-bond donors (Lipinski definition) is 1. The van der Waals surface area contributed by atoms with Crippen molar-refractivity contribution in [2.75, 3.05) is 26.0 Å². The Labute approximate surface area is 159 Å². The van der Waals surface area contributed by atoms with Crippen LogP contribution >= 0.6 is 0 Å². The highest BCUT2D eigenvalue weighted by atomic mass is 19.1. The first-order valence-electron chi connectivity index (χ1n) is 9.15. The second kappa shape index (κ2) is 7.92. The number of nitrogens with zero attached hydrogens (tertiary/aromatic N) is 1. The molecule has 0 radical (unpaired) electrons. The third-order valence-corrected chi connectivity index (χ3v) is 4.75. The smallest absolute Gasteiger partial charge is 0.255 e. The molecule has 3 aromatic rings. The van der Waals surface area contributed by atoms with Crippen LogP contribution in [0.4, 0.5) is 10.1 Å². The molecule has 1 N–H and O–H groups in total. The number of carbonyl (C=O) groups is 1. The normalized spacial score (nSPS) is 11.3. The van der Waals surface area contributed by atoms with Crippen LogP contribution in [0.5, 0.6) is 0 Å². The molecule has 0 saturated heterocycles. The first-order valence-corrected chi connectivity index (χ1v) is 9.15. The maximum Gasteiger partial charge on any atom is 0.255 e. The predicted octanol–water partition coefficient (Wildman–Crippen LogP) is 4.80. The van der Waals surface area contributed by atoms with Crippen LogP contribution in [0.15, 0.2) is 40.8 Å². The molecule has 0 unspecified atom stereocenters. The molecule has 1 heterocycles. The summed E-state index contributed by atoms with van der Waals surface area (Å²) in [6, 6.07) is 9.92. The van der Waals surface area contributed by atoms with E-state index in [1.54, 1.807) is 0 Å². The van der Waals surface area contributed by atoms with Crippen molar-refractivity contribution in [2.24, 2.45) is 0 Å². The Hall–Kier alpha value is -2.66. The van der Waals surface area contributed by atoms with Crippen LogP contribution in [0.1, 0.15) is 34.2 Å². The van der Waals surface area contributed by atoms with Gasteiger partial charge in [0.2, 0.25) is 0 Å². The molecule has 0 atom stereocenters. The lowest BCUT2D eigenvalue weighted by Gasteiger charge is -2.10. The van der Waals surface area contributed by atoms with Crippen LogP contribution in [-0.2, 0) is 12.8 Å². The summed E-state index contributed by atoms with van der Waals surface area (Å²) in [6.07, 6.45) is 1.47. The fourth-order valence-corrected chi connectivity index (χ4v) is 3.27. The Morgan fingerprint density at radius 2 is 1.96 bits per heavy atom. The van der Waals surface area contributed by atoms with Crippen molar-refractivity contribution in [3.8, 4) is 0 Å². The molecule has 0 bridgehead atoms. The Bertz CT molecular complexity index is 976. The van der Waals surface area contributed by atoms with Gasteiger partial charge in [0.15, 0.2) is 0 Å². The minimum Gasteiger partial charge on any atom is -0.461 e. The molecular formula is C22H25FN2O2. The molecule has 1 aromatic heterocycles. The first-order chi connectivity index (χ1) is 12.9. The number of carbonyl (C=O) groups excluding carboxylic acids is 1. The van der Waals surface area contributed by atoms with Crippen LogP contribution in [-0.4, -0.2) is 31.4 Å². The number of anilines is 1. The van der Waals surface area contributed by atoms with Crippen LogP contribution in [0.2, 0.25) is 0 Å². The molecule has 1 amide bonds. The van der Waals surface area contributed by atoms with Crippen LogP contribution in [0.25, 0.3) is 11.0 Å². The average molecular weight is 368 g/mol. The van der Waals surface area contributed by atoms with Crippen LogP contribution in [0.3, 0.4) is 0 Å². The van der Waals surface area contributed by atoms with Gasteiger partial charge in [-0.05, 0) is 75.8 Å². The lowest BCUT2D eigenvalue weighted by molar-refractivity contribution is 0.102. The van der Waals surface area contributed by atoms with Crippen molar-refractivity contribution in [1.29, 1.82) is 0 Å². The second-order valence-electron chi connectivity index (χ2n) is 7.01. The van der Waals surface area contributed by atoms with Crippen molar-refractivity contribution < 1.29 is 13.6 Å². The van der Waals surface area contributed by atoms with E-state index in [1.165, 1.54) is 18.2 Å². The number of amides is 1. The Kier molecular flexibility index (Phi) is 5.61. The summed E-state index contributed by atoms with van der Waals surface area (Å²) in [5, 5.41) is 3.95. The van der Waals surface area contributed by atoms with E-state index >= 15 is 0 Å². The third-order valence-electron chi connectivity index (χ3n) is 4.75. The van der Waals surface area contributed by atoms with Gasteiger partial charge >= 0.3 is 0 Å². The van der Waals surface area contributed by atoms with E-state index in [0.717, 1.165) is 35.3 Å². The largest absolute Gasteiger partial charge is 0.461 e. The Morgan fingerprint density at radius 1 is 1.19 bits per heavy atom. The lowest BCUT2D eigenvalue weighted by atomic mass is 10.0. The van der Waals surface area contributed by atoms with Crippen molar-refractivity contribution in [2.45, 2.75) is 26.7 Å². The average Bonchev–Trinajstić information content (AvgIpc) is 2.94. The van der Waals surface area contributed by atoms with Gasteiger partial charge in [0, 0.05) is 28.7 Å². The minimum absolute atomic E-state index is 0.235. The molecule has 0 aliphatic carbocycles. The zero-order valence-electron chi connectivity index (χ0n) is 16.2. The van der Waals surface area contributed by atoms with E-state index in [0.29, 0.717) is 23.2 Å². The number of rotatable bonds is 6. The van der Waals surface area contributed by atoms with E-state index in [2.05, 4.69) is 10.2 Å². The monoisotopic (exact) mass is 368 g/mol. The molecule has 0 saturated carbocycles. The van der Waals surface area contributed by atoms with E-state index in [-0.39, 0.29) is 11.7 Å². The van der Waals surface area contributed by atoms with Gasteiger partial charge in [-0.15, -0.1) is 0 Å². The van der Waals surface area contributed by atoms with Gasteiger partial charge in [0.05, 0.1) is 0 Å². The van der Waals surface area contributed by atoms with Gasteiger partial charge in [-0.3, -0.25) is 4.79 Å². The van der Waals surface area contributed by atoms with Crippen molar-refractivity contribution in [3.05, 3.63) is 64.7 Å². The maximum atomic E-state index is 13.4. The quantitative estimate of drug-likeness (QED) is 0.680. The van der Waals surface area contributed by atoms with E-state index < -0.39 is 0 Å².